The highest BCUT2D eigenvalue weighted by atomic mass is 19.3. The fraction of sp³-hybridized carbons (Fsp3) is 0.462. The van der Waals surface area contributed by atoms with Crippen molar-refractivity contribution in [3.05, 3.63) is 35.4 Å². The Kier molecular flexibility index (Phi) is 5.47. The second-order valence-corrected chi connectivity index (χ2v) is 4.26. The standard InChI is InChI=1S/C13H14F4O2/c1-9-2-4-10(5-3-9)6-11(18)7-19-8-13(16,17)12(14)15/h2-5,12H,6-8H2,1H3. The summed E-state index contributed by atoms with van der Waals surface area (Å²) < 4.78 is 52.9. The Morgan fingerprint density at radius 1 is 1.26 bits per heavy atom. The lowest BCUT2D eigenvalue weighted by Crippen LogP contribution is -2.33. The van der Waals surface area contributed by atoms with Gasteiger partial charge in [-0.1, -0.05) is 29.8 Å². The molecule has 0 radical (unpaired) electrons. The summed E-state index contributed by atoms with van der Waals surface area (Å²) in [7, 11) is 0. The molecule has 0 heterocycles. The molecule has 6 heteroatoms. The van der Waals surface area contributed by atoms with Gasteiger partial charge in [0.05, 0.1) is 0 Å². The fourth-order valence-corrected chi connectivity index (χ4v) is 1.35. The average molecular weight is 278 g/mol. The van der Waals surface area contributed by atoms with Crippen LogP contribution >= 0.6 is 0 Å². The Morgan fingerprint density at radius 3 is 2.37 bits per heavy atom. The molecule has 0 N–H and O–H groups in total. The highest BCUT2D eigenvalue weighted by Crippen LogP contribution is 2.22. The summed E-state index contributed by atoms with van der Waals surface area (Å²) in [6.07, 6.45) is -3.76. The predicted octanol–water partition coefficient (Wildman–Crippen LogP) is 3.02. The van der Waals surface area contributed by atoms with E-state index >= 15 is 0 Å². The summed E-state index contributed by atoms with van der Waals surface area (Å²) in [5.74, 6) is -4.65. The van der Waals surface area contributed by atoms with E-state index in [4.69, 9.17) is 0 Å². The minimum absolute atomic E-state index is 0.0283. The molecule has 0 amide bonds. The zero-order valence-corrected chi connectivity index (χ0v) is 10.3. The Morgan fingerprint density at radius 2 is 1.84 bits per heavy atom. The molecule has 1 aromatic carbocycles. The van der Waals surface area contributed by atoms with Crippen LogP contribution in [0.3, 0.4) is 0 Å². The lowest BCUT2D eigenvalue weighted by Gasteiger charge is -2.14. The summed E-state index contributed by atoms with van der Waals surface area (Å²) in [6, 6.07) is 7.10. The molecule has 0 aromatic heterocycles. The third kappa shape index (κ3) is 5.38. The van der Waals surface area contributed by atoms with Crippen LogP contribution in [0, 0.1) is 6.92 Å². The van der Waals surface area contributed by atoms with Crippen LogP contribution in [0.2, 0.25) is 0 Å². The normalized spacial score (nSPS) is 11.9. The fourth-order valence-electron chi connectivity index (χ4n) is 1.35. The number of hydrogen-bond donors (Lipinski definition) is 0. The van der Waals surface area contributed by atoms with E-state index in [2.05, 4.69) is 4.74 Å². The quantitative estimate of drug-likeness (QED) is 0.717. The van der Waals surface area contributed by atoms with E-state index in [1.165, 1.54) is 0 Å². The molecule has 0 aliphatic heterocycles. The van der Waals surface area contributed by atoms with Crippen LogP contribution < -0.4 is 0 Å². The van der Waals surface area contributed by atoms with E-state index in [9.17, 15) is 22.4 Å². The molecule has 0 aliphatic carbocycles. The van der Waals surface area contributed by atoms with Gasteiger partial charge in [0.1, 0.15) is 13.2 Å². The Balaban J connectivity index is 2.34. The van der Waals surface area contributed by atoms with Gasteiger partial charge in [0, 0.05) is 6.42 Å². The summed E-state index contributed by atoms with van der Waals surface area (Å²) in [4.78, 5) is 11.4. The number of ketones is 1. The maximum atomic E-state index is 12.5. The SMILES string of the molecule is Cc1ccc(CC(=O)COCC(F)(F)C(F)F)cc1. The van der Waals surface area contributed by atoms with Crippen molar-refractivity contribution in [1.29, 1.82) is 0 Å². The zero-order chi connectivity index (χ0) is 14.5. The van der Waals surface area contributed by atoms with Crippen LogP contribution in [-0.4, -0.2) is 31.3 Å². The van der Waals surface area contributed by atoms with Gasteiger partial charge in [-0.05, 0) is 12.5 Å². The maximum absolute atomic E-state index is 12.5. The van der Waals surface area contributed by atoms with E-state index in [1.807, 2.05) is 19.1 Å². The first kappa shape index (κ1) is 15.6. The summed E-state index contributed by atoms with van der Waals surface area (Å²) >= 11 is 0. The number of halogens is 4. The van der Waals surface area contributed by atoms with Gasteiger partial charge >= 0.3 is 12.3 Å². The van der Waals surface area contributed by atoms with E-state index in [1.54, 1.807) is 12.1 Å². The van der Waals surface area contributed by atoms with Gasteiger partial charge in [-0.2, -0.15) is 8.78 Å². The molecule has 0 spiro atoms. The predicted molar refractivity (Wildman–Crippen MR) is 61.7 cm³/mol. The number of ether oxygens (including phenoxy) is 1. The van der Waals surface area contributed by atoms with Gasteiger partial charge in [-0.3, -0.25) is 4.79 Å². The van der Waals surface area contributed by atoms with Crippen molar-refractivity contribution in [2.45, 2.75) is 25.7 Å². The number of hydrogen-bond acceptors (Lipinski definition) is 2. The first-order chi connectivity index (χ1) is 8.81. The Labute approximate surface area is 108 Å². The number of benzene rings is 1. The number of carbonyl (C=O) groups is 1. The van der Waals surface area contributed by atoms with Crippen LogP contribution in [0.5, 0.6) is 0 Å². The van der Waals surface area contributed by atoms with Crippen molar-refractivity contribution in [3.8, 4) is 0 Å². The molecule has 2 nitrogen and oxygen atoms in total. The molecule has 0 saturated heterocycles. The van der Waals surface area contributed by atoms with E-state index in [0.717, 1.165) is 11.1 Å². The first-order valence-corrected chi connectivity index (χ1v) is 5.62. The van der Waals surface area contributed by atoms with Crippen LogP contribution in [0.25, 0.3) is 0 Å². The number of carbonyl (C=O) groups excluding carboxylic acids is 1. The molecule has 1 aromatic rings. The van der Waals surface area contributed by atoms with Crippen LogP contribution in [0.4, 0.5) is 17.6 Å². The van der Waals surface area contributed by atoms with Gasteiger partial charge < -0.3 is 4.74 Å². The molecule has 0 atom stereocenters. The molecule has 0 aliphatic rings. The van der Waals surface area contributed by atoms with Gasteiger partial charge in [-0.25, -0.2) is 8.78 Å². The number of Topliss-reactive ketones (excluding diaryl/α,β-unsaturated/α-hetero) is 1. The Hall–Kier alpha value is -1.43. The minimum Gasteiger partial charge on any atom is -0.367 e. The average Bonchev–Trinajstić information content (AvgIpc) is 2.31. The zero-order valence-electron chi connectivity index (χ0n) is 10.3. The molecular weight excluding hydrogens is 264 g/mol. The lowest BCUT2D eigenvalue weighted by atomic mass is 10.1. The van der Waals surface area contributed by atoms with E-state index in [0.29, 0.717) is 0 Å². The molecule has 19 heavy (non-hydrogen) atoms. The van der Waals surface area contributed by atoms with Crippen LogP contribution in [0.15, 0.2) is 24.3 Å². The van der Waals surface area contributed by atoms with Crippen LogP contribution in [0.1, 0.15) is 11.1 Å². The van der Waals surface area contributed by atoms with Gasteiger partial charge in [0.25, 0.3) is 0 Å². The second-order valence-electron chi connectivity index (χ2n) is 4.26. The van der Waals surface area contributed by atoms with Crippen molar-refractivity contribution < 1.29 is 27.1 Å². The molecule has 0 fully saturated rings. The van der Waals surface area contributed by atoms with Crippen LogP contribution in [-0.2, 0) is 16.0 Å². The largest absolute Gasteiger partial charge is 0.367 e. The molecule has 0 saturated carbocycles. The number of aryl methyl sites for hydroxylation is 1. The lowest BCUT2D eigenvalue weighted by molar-refractivity contribution is -0.168. The van der Waals surface area contributed by atoms with Gasteiger partial charge in [0.15, 0.2) is 5.78 Å². The first-order valence-electron chi connectivity index (χ1n) is 5.62. The molecular formula is C13H14F4O2. The second kappa shape index (κ2) is 6.65. The molecule has 1 rings (SSSR count). The van der Waals surface area contributed by atoms with Gasteiger partial charge in [0.2, 0.25) is 0 Å². The van der Waals surface area contributed by atoms with Crippen molar-refractivity contribution >= 4 is 5.78 Å². The van der Waals surface area contributed by atoms with Crippen molar-refractivity contribution in [3.63, 3.8) is 0 Å². The van der Waals surface area contributed by atoms with Crippen molar-refractivity contribution in [2.75, 3.05) is 13.2 Å². The van der Waals surface area contributed by atoms with E-state index < -0.39 is 31.3 Å². The smallest absolute Gasteiger partial charge is 0.330 e. The summed E-state index contributed by atoms with van der Waals surface area (Å²) in [6.45, 7) is -0.165. The molecule has 0 bridgehead atoms. The van der Waals surface area contributed by atoms with Crippen molar-refractivity contribution in [1.82, 2.24) is 0 Å². The summed E-state index contributed by atoms with van der Waals surface area (Å²) in [5.41, 5.74) is 1.75. The topological polar surface area (TPSA) is 26.3 Å². The third-order valence-corrected chi connectivity index (χ3v) is 2.40. The summed E-state index contributed by atoms with van der Waals surface area (Å²) in [5, 5.41) is 0. The minimum atomic E-state index is -4.22. The third-order valence-electron chi connectivity index (χ3n) is 2.40. The maximum Gasteiger partial charge on any atom is 0.330 e. The molecule has 0 unspecified atom stereocenters. The molecule has 106 valence electrons. The Bertz CT molecular complexity index is 415. The van der Waals surface area contributed by atoms with E-state index in [-0.39, 0.29) is 6.42 Å². The highest BCUT2D eigenvalue weighted by molar-refractivity contribution is 5.82. The van der Waals surface area contributed by atoms with Gasteiger partial charge in [-0.15, -0.1) is 0 Å². The highest BCUT2D eigenvalue weighted by Gasteiger charge is 2.41. The monoisotopic (exact) mass is 278 g/mol. The number of rotatable bonds is 7. The van der Waals surface area contributed by atoms with Crippen molar-refractivity contribution in [2.24, 2.45) is 0 Å². The number of alkyl halides is 4.